The molecule has 1 N–H and O–H groups in total. The topological polar surface area (TPSA) is 56.8 Å². The van der Waals surface area contributed by atoms with Gasteiger partial charge in [0.1, 0.15) is 18.5 Å². The summed E-state index contributed by atoms with van der Waals surface area (Å²) in [6, 6.07) is 15.3. The lowest BCUT2D eigenvalue weighted by atomic mass is 9.87. The highest BCUT2D eigenvalue weighted by molar-refractivity contribution is 5.77. The predicted molar refractivity (Wildman–Crippen MR) is 100.0 cm³/mol. The molecule has 1 amide bonds. The van der Waals surface area contributed by atoms with Gasteiger partial charge < -0.3 is 19.5 Å². The summed E-state index contributed by atoms with van der Waals surface area (Å²) in [4.78, 5) is 12.0. The van der Waals surface area contributed by atoms with E-state index in [1.54, 1.807) is 0 Å². The van der Waals surface area contributed by atoms with Crippen molar-refractivity contribution in [3.8, 4) is 17.2 Å². The van der Waals surface area contributed by atoms with E-state index < -0.39 is 0 Å². The quantitative estimate of drug-likeness (QED) is 0.894. The van der Waals surface area contributed by atoms with E-state index >= 15 is 0 Å². The van der Waals surface area contributed by atoms with Crippen molar-refractivity contribution in [1.82, 2.24) is 5.32 Å². The average molecular weight is 355 g/mol. The van der Waals surface area contributed by atoms with Crippen molar-refractivity contribution in [2.45, 2.75) is 32.3 Å². The van der Waals surface area contributed by atoms with Gasteiger partial charge in [-0.25, -0.2) is 0 Å². The molecule has 0 saturated heterocycles. The molecule has 1 heterocycles. The van der Waals surface area contributed by atoms with Crippen molar-refractivity contribution in [2.75, 3.05) is 19.8 Å². The SMILES string of the molecule is CC(C)(C)c1ccc(OCC(=O)NC[C@@H]2COc3ccccc3O2)cc1. The van der Waals surface area contributed by atoms with Gasteiger partial charge in [0.05, 0.1) is 6.54 Å². The summed E-state index contributed by atoms with van der Waals surface area (Å²) in [7, 11) is 0. The fourth-order valence-corrected chi connectivity index (χ4v) is 2.64. The minimum atomic E-state index is -0.208. The van der Waals surface area contributed by atoms with Crippen molar-refractivity contribution >= 4 is 5.91 Å². The van der Waals surface area contributed by atoms with Crippen LogP contribution in [0.1, 0.15) is 26.3 Å². The van der Waals surface area contributed by atoms with Gasteiger partial charge in [0.15, 0.2) is 18.1 Å². The van der Waals surface area contributed by atoms with Crippen LogP contribution in [0.15, 0.2) is 48.5 Å². The standard InChI is InChI=1S/C21H25NO4/c1-21(2,3)15-8-10-16(11-9-15)24-14-20(23)22-12-17-13-25-18-6-4-5-7-19(18)26-17/h4-11,17H,12-14H2,1-3H3,(H,22,23)/t17-/m1/s1. The number of hydrogen-bond acceptors (Lipinski definition) is 4. The number of hydrogen-bond donors (Lipinski definition) is 1. The van der Waals surface area contributed by atoms with E-state index in [2.05, 4.69) is 26.1 Å². The molecule has 1 aliphatic heterocycles. The maximum atomic E-state index is 12.0. The molecule has 138 valence electrons. The van der Waals surface area contributed by atoms with Crippen LogP contribution in [-0.4, -0.2) is 31.8 Å². The Kier molecular flexibility index (Phi) is 5.35. The average Bonchev–Trinajstić information content (AvgIpc) is 2.64. The minimum Gasteiger partial charge on any atom is -0.486 e. The number of carbonyl (C=O) groups is 1. The van der Waals surface area contributed by atoms with Crippen molar-refractivity contribution in [3.63, 3.8) is 0 Å². The summed E-state index contributed by atoms with van der Waals surface area (Å²) < 4.78 is 17.0. The van der Waals surface area contributed by atoms with Crippen molar-refractivity contribution in [3.05, 3.63) is 54.1 Å². The third-order valence-electron chi connectivity index (χ3n) is 4.18. The molecule has 2 aromatic rings. The normalized spacial score (nSPS) is 16.0. The zero-order valence-electron chi connectivity index (χ0n) is 15.5. The number of para-hydroxylation sites is 2. The van der Waals surface area contributed by atoms with Gasteiger partial charge in [-0.05, 0) is 35.2 Å². The highest BCUT2D eigenvalue weighted by atomic mass is 16.6. The van der Waals surface area contributed by atoms with Crippen LogP contribution in [0.5, 0.6) is 17.2 Å². The molecule has 1 atom stereocenters. The van der Waals surface area contributed by atoms with Gasteiger partial charge in [0, 0.05) is 0 Å². The van der Waals surface area contributed by atoms with E-state index in [4.69, 9.17) is 14.2 Å². The molecular weight excluding hydrogens is 330 g/mol. The lowest BCUT2D eigenvalue weighted by Crippen LogP contribution is -2.42. The summed E-state index contributed by atoms with van der Waals surface area (Å²) in [5.41, 5.74) is 1.32. The smallest absolute Gasteiger partial charge is 0.258 e. The molecule has 1 aliphatic rings. The van der Waals surface area contributed by atoms with E-state index in [0.29, 0.717) is 24.7 Å². The first-order chi connectivity index (χ1) is 12.4. The summed E-state index contributed by atoms with van der Waals surface area (Å²) in [5, 5.41) is 2.82. The number of rotatable bonds is 5. The highest BCUT2D eigenvalue weighted by Crippen LogP contribution is 2.30. The Morgan fingerprint density at radius 2 is 1.81 bits per heavy atom. The summed E-state index contributed by atoms with van der Waals surface area (Å²) in [5.74, 6) is 1.93. The molecule has 0 aliphatic carbocycles. The second-order valence-corrected chi connectivity index (χ2v) is 7.36. The number of ether oxygens (including phenoxy) is 3. The van der Waals surface area contributed by atoms with E-state index in [1.165, 1.54) is 5.56 Å². The number of fused-ring (bicyclic) bond motifs is 1. The lowest BCUT2D eigenvalue weighted by molar-refractivity contribution is -0.123. The van der Waals surface area contributed by atoms with Gasteiger partial charge in [-0.1, -0.05) is 45.0 Å². The van der Waals surface area contributed by atoms with E-state index in [-0.39, 0.29) is 24.0 Å². The third-order valence-corrected chi connectivity index (χ3v) is 4.18. The molecule has 2 aromatic carbocycles. The molecular formula is C21H25NO4. The summed E-state index contributed by atoms with van der Waals surface area (Å²) in [6.07, 6.45) is -0.208. The van der Waals surface area contributed by atoms with Crippen molar-refractivity contribution in [1.29, 1.82) is 0 Å². The molecule has 0 saturated carbocycles. The maximum absolute atomic E-state index is 12.0. The van der Waals surface area contributed by atoms with Gasteiger partial charge >= 0.3 is 0 Å². The Hall–Kier alpha value is -2.69. The maximum Gasteiger partial charge on any atom is 0.258 e. The van der Waals surface area contributed by atoms with Gasteiger partial charge in [-0.15, -0.1) is 0 Å². The molecule has 26 heavy (non-hydrogen) atoms. The molecule has 0 unspecified atom stereocenters. The molecule has 5 nitrogen and oxygen atoms in total. The van der Waals surface area contributed by atoms with E-state index in [0.717, 1.165) is 5.75 Å². The van der Waals surface area contributed by atoms with Crippen LogP contribution >= 0.6 is 0 Å². The van der Waals surface area contributed by atoms with E-state index in [9.17, 15) is 4.79 Å². The zero-order chi connectivity index (χ0) is 18.6. The Balaban J connectivity index is 1.42. The number of nitrogens with one attached hydrogen (secondary N) is 1. The van der Waals surface area contributed by atoms with Crippen molar-refractivity contribution in [2.24, 2.45) is 0 Å². The van der Waals surface area contributed by atoms with Gasteiger partial charge in [0.2, 0.25) is 0 Å². The van der Waals surface area contributed by atoms with Gasteiger partial charge in [-0.2, -0.15) is 0 Å². The minimum absolute atomic E-state index is 0.0287. The molecule has 5 heteroatoms. The summed E-state index contributed by atoms with van der Waals surface area (Å²) >= 11 is 0. The fraction of sp³-hybridized carbons (Fsp3) is 0.381. The van der Waals surface area contributed by atoms with Crippen LogP contribution in [-0.2, 0) is 10.2 Å². The molecule has 0 fully saturated rings. The molecule has 0 radical (unpaired) electrons. The third kappa shape index (κ3) is 4.69. The first-order valence-electron chi connectivity index (χ1n) is 8.80. The Bertz CT molecular complexity index is 749. The van der Waals surface area contributed by atoms with Crippen LogP contribution in [0.2, 0.25) is 0 Å². The largest absolute Gasteiger partial charge is 0.486 e. The highest BCUT2D eigenvalue weighted by Gasteiger charge is 2.21. The number of benzene rings is 2. The van der Waals surface area contributed by atoms with Crippen LogP contribution < -0.4 is 19.5 Å². The number of carbonyl (C=O) groups excluding carboxylic acids is 1. The molecule has 3 rings (SSSR count). The van der Waals surface area contributed by atoms with Crippen LogP contribution in [0.3, 0.4) is 0 Å². The second kappa shape index (κ2) is 7.68. The first-order valence-corrected chi connectivity index (χ1v) is 8.80. The fourth-order valence-electron chi connectivity index (χ4n) is 2.64. The first kappa shape index (κ1) is 18.1. The molecule has 0 bridgehead atoms. The Morgan fingerprint density at radius 1 is 1.12 bits per heavy atom. The van der Waals surface area contributed by atoms with Gasteiger partial charge in [0.25, 0.3) is 5.91 Å². The van der Waals surface area contributed by atoms with Gasteiger partial charge in [-0.3, -0.25) is 4.79 Å². The van der Waals surface area contributed by atoms with Crippen LogP contribution in [0.4, 0.5) is 0 Å². The van der Waals surface area contributed by atoms with Crippen LogP contribution in [0, 0.1) is 0 Å². The second-order valence-electron chi connectivity index (χ2n) is 7.36. The monoisotopic (exact) mass is 355 g/mol. The zero-order valence-corrected chi connectivity index (χ0v) is 15.5. The molecule has 0 spiro atoms. The lowest BCUT2D eigenvalue weighted by Gasteiger charge is -2.26. The Morgan fingerprint density at radius 3 is 2.50 bits per heavy atom. The molecule has 0 aromatic heterocycles. The van der Waals surface area contributed by atoms with Crippen molar-refractivity contribution < 1.29 is 19.0 Å². The Labute approximate surface area is 154 Å². The number of amides is 1. The van der Waals surface area contributed by atoms with E-state index in [1.807, 2.05) is 48.5 Å². The van der Waals surface area contributed by atoms with Crippen LogP contribution in [0.25, 0.3) is 0 Å². The predicted octanol–water partition coefficient (Wildman–Crippen LogP) is 3.32. The summed E-state index contributed by atoms with van der Waals surface area (Å²) in [6.45, 7) is 7.23.